The molecule has 3 N–H and O–H groups in total. The largest absolute Gasteiger partial charge is 0.463 e. The molecule has 2 fully saturated rings. The molecular formula is C24H36N2O14. The molecule has 0 aromatic rings. The van der Waals surface area contributed by atoms with E-state index in [1.807, 2.05) is 0 Å². The molecule has 2 saturated heterocycles. The predicted molar refractivity (Wildman–Crippen MR) is 129 cm³/mol. The first kappa shape index (κ1) is 32.9. The minimum atomic E-state index is -1.71. The van der Waals surface area contributed by atoms with E-state index in [2.05, 4.69) is 10.6 Å². The third-order valence-electron chi connectivity index (χ3n) is 5.75. The van der Waals surface area contributed by atoms with Crippen molar-refractivity contribution in [3.63, 3.8) is 0 Å². The molecule has 0 aromatic heterocycles. The highest BCUT2D eigenvalue weighted by molar-refractivity contribution is 5.74. The number of ether oxygens (including phenoxy) is 7. The summed E-state index contributed by atoms with van der Waals surface area (Å²) in [5, 5.41) is 15.7. The second kappa shape index (κ2) is 14.9. The van der Waals surface area contributed by atoms with Crippen molar-refractivity contribution >= 4 is 35.7 Å². The van der Waals surface area contributed by atoms with Crippen LogP contribution in [0.1, 0.15) is 48.0 Å². The summed E-state index contributed by atoms with van der Waals surface area (Å²) < 4.78 is 38.7. The quantitative estimate of drug-likeness (QED) is 0.194. The minimum absolute atomic E-state index is 0.0102. The summed E-state index contributed by atoms with van der Waals surface area (Å²) in [6.07, 6.45) is -9.08. The lowest BCUT2D eigenvalue weighted by Crippen LogP contribution is -2.68. The van der Waals surface area contributed by atoms with Gasteiger partial charge >= 0.3 is 23.9 Å². The molecule has 2 heterocycles. The van der Waals surface area contributed by atoms with E-state index in [0.29, 0.717) is 0 Å². The van der Waals surface area contributed by atoms with Crippen molar-refractivity contribution < 1.29 is 67.0 Å². The molecule has 2 amide bonds. The van der Waals surface area contributed by atoms with E-state index >= 15 is 0 Å². The van der Waals surface area contributed by atoms with Gasteiger partial charge < -0.3 is 48.9 Å². The smallest absolute Gasteiger partial charge is 0.303 e. The SMILES string of the molecule is CC(=O)N[C@H]1[C@H](O[C@H]2[C@H](OC(C)=O)[C@@H](NC(C)=O)C(O)O[C@@H]2COC(C)=O)O[C@H](COC(C)=O)C[C@@H]1OC(C)=O. The third kappa shape index (κ3) is 10.0. The van der Waals surface area contributed by atoms with E-state index in [-0.39, 0.29) is 13.0 Å². The lowest BCUT2D eigenvalue weighted by molar-refractivity contribution is -0.318. The van der Waals surface area contributed by atoms with Crippen molar-refractivity contribution in [3.05, 3.63) is 0 Å². The highest BCUT2D eigenvalue weighted by atomic mass is 16.7. The van der Waals surface area contributed by atoms with Crippen molar-refractivity contribution in [1.82, 2.24) is 10.6 Å². The van der Waals surface area contributed by atoms with E-state index in [1.165, 1.54) is 20.8 Å². The fraction of sp³-hybridized carbons (Fsp3) is 0.750. The van der Waals surface area contributed by atoms with E-state index < -0.39 is 97.5 Å². The van der Waals surface area contributed by atoms with Gasteiger partial charge in [0.2, 0.25) is 11.8 Å². The number of rotatable bonds is 10. The Bertz CT molecular complexity index is 958. The Kier molecular flexibility index (Phi) is 12.2. The van der Waals surface area contributed by atoms with Crippen molar-refractivity contribution in [2.75, 3.05) is 13.2 Å². The molecule has 0 aliphatic carbocycles. The number of hydrogen-bond donors (Lipinski definition) is 3. The van der Waals surface area contributed by atoms with Crippen molar-refractivity contribution in [1.29, 1.82) is 0 Å². The first-order valence-corrected chi connectivity index (χ1v) is 12.5. The van der Waals surface area contributed by atoms with Crippen LogP contribution in [0.25, 0.3) is 0 Å². The molecule has 1 unspecified atom stereocenters. The number of esters is 4. The molecule has 0 radical (unpaired) electrons. The third-order valence-corrected chi connectivity index (χ3v) is 5.75. The van der Waals surface area contributed by atoms with Gasteiger partial charge in [0.1, 0.15) is 43.6 Å². The fourth-order valence-electron chi connectivity index (χ4n) is 4.37. The number of nitrogens with one attached hydrogen (secondary N) is 2. The Labute approximate surface area is 230 Å². The first-order chi connectivity index (χ1) is 18.7. The molecular weight excluding hydrogens is 540 g/mol. The monoisotopic (exact) mass is 576 g/mol. The summed E-state index contributed by atoms with van der Waals surface area (Å²) >= 11 is 0. The van der Waals surface area contributed by atoms with Crippen LogP contribution in [0.15, 0.2) is 0 Å². The second-order valence-electron chi connectivity index (χ2n) is 9.31. The maximum absolute atomic E-state index is 12.1. The van der Waals surface area contributed by atoms with Gasteiger partial charge in [0.05, 0.1) is 6.10 Å². The van der Waals surface area contributed by atoms with Crippen LogP contribution < -0.4 is 10.6 Å². The summed E-state index contributed by atoms with van der Waals surface area (Å²) in [4.78, 5) is 70.8. The average molecular weight is 577 g/mol. The minimum Gasteiger partial charge on any atom is -0.463 e. The molecule has 2 aliphatic heterocycles. The summed E-state index contributed by atoms with van der Waals surface area (Å²) in [7, 11) is 0. The molecule has 0 spiro atoms. The molecule has 40 heavy (non-hydrogen) atoms. The van der Waals surface area contributed by atoms with Gasteiger partial charge in [0.15, 0.2) is 18.7 Å². The van der Waals surface area contributed by atoms with Gasteiger partial charge in [-0.2, -0.15) is 0 Å². The Hall–Kier alpha value is -3.34. The van der Waals surface area contributed by atoms with Gasteiger partial charge in [-0.1, -0.05) is 0 Å². The van der Waals surface area contributed by atoms with Crippen molar-refractivity contribution in [3.8, 4) is 0 Å². The predicted octanol–water partition coefficient (Wildman–Crippen LogP) is -1.80. The summed E-state index contributed by atoms with van der Waals surface area (Å²) in [6.45, 7) is 6.24. The molecule has 226 valence electrons. The Balaban J connectivity index is 2.52. The summed E-state index contributed by atoms with van der Waals surface area (Å²) in [5.41, 5.74) is 0. The zero-order valence-electron chi connectivity index (χ0n) is 23.1. The second-order valence-corrected chi connectivity index (χ2v) is 9.31. The number of amides is 2. The topological polar surface area (TPSA) is 211 Å². The highest BCUT2D eigenvalue weighted by Crippen LogP contribution is 2.31. The molecule has 0 bridgehead atoms. The molecule has 2 aliphatic rings. The van der Waals surface area contributed by atoms with Crippen LogP contribution in [0.5, 0.6) is 0 Å². The van der Waals surface area contributed by atoms with E-state index in [0.717, 1.165) is 20.8 Å². The first-order valence-electron chi connectivity index (χ1n) is 12.5. The number of carbonyl (C=O) groups excluding carboxylic acids is 6. The van der Waals surface area contributed by atoms with Gasteiger partial charge in [0.25, 0.3) is 0 Å². The standard InChI is InChI=1S/C24H36N2O14/c1-10(27)25-19-17(36-14(5)31)7-16(8-34-12(3)29)38-24(19)40-21-18(9-35-13(4)30)39-23(33)20(26-11(2)28)22(21)37-15(6)32/h16-24,33H,7-9H2,1-6H3,(H,25,27)(H,26,28)/t16-,17-,18+,19+,20+,21+,22+,23?,24-/m0/s1. The number of carbonyl (C=O) groups is 6. The average Bonchev–Trinajstić information content (AvgIpc) is 2.81. The number of hydrogen-bond acceptors (Lipinski definition) is 14. The van der Waals surface area contributed by atoms with Crippen LogP contribution in [-0.2, 0) is 61.9 Å². The maximum atomic E-state index is 12.1. The van der Waals surface area contributed by atoms with Crippen LogP contribution >= 0.6 is 0 Å². The van der Waals surface area contributed by atoms with Crippen molar-refractivity contribution in [2.24, 2.45) is 0 Å². The Morgan fingerprint density at radius 3 is 1.80 bits per heavy atom. The Morgan fingerprint density at radius 2 is 1.27 bits per heavy atom. The molecule has 2 rings (SSSR count). The van der Waals surface area contributed by atoms with Crippen molar-refractivity contribution in [2.45, 2.75) is 103 Å². The molecule has 0 aromatic carbocycles. The van der Waals surface area contributed by atoms with Crippen LogP contribution in [0.4, 0.5) is 0 Å². The van der Waals surface area contributed by atoms with Gasteiger partial charge in [-0.25, -0.2) is 0 Å². The lowest BCUT2D eigenvalue weighted by Gasteiger charge is -2.47. The summed E-state index contributed by atoms with van der Waals surface area (Å²) in [6, 6.07) is -2.45. The summed E-state index contributed by atoms with van der Waals surface area (Å²) in [5.74, 6) is -3.89. The van der Waals surface area contributed by atoms with E-state index in [1.54, 1.807) is 0 Å². The molecule has 16 heteroatoms. The van der Waals surface area contributed by atoms with Crippen LogP contribution in [0, 0.1) is 0 Å². The molecule has 9 atom stereocenters. The molecule has 16 nitrogen and oxygen atoms in total. The number of aliphatic hydroxyl groups excluding tert-OH is 1. The van der Waals surface area contributed by atoms with Crippen LogP contribution in [0.3, 0.4) is 0 Å². The Morgan fingerprint density at radius 1 is 0.725 bits per heavy atom. The number of aliphatic hydroxyl groups is 1. The highest BCUT2D eigenvalue weighted by Gasteiger charge is 2.52. The zero-order chi connectivity index (χ0) is 30.1. The van der Waals surface area contributed by atoms with E-state index in [4.69, 9.17) is 33.2 Å². The van der Waals surface area contributed by atoms with Gasteiger partial charge in [-0.15, -0.1) is 0 Å². The fourth-order valence-corrected chi connectivity index (χ4v) is 4.37. The van der Waals surface area contributed by atoms with Gasteiger partial charge in [0, 0.05) is 48.0 Å². The zero-order valence-corrected chi connectivity index (χ0v) is 23.1. The van der Waals surface area contributed by atoms with E-state index in [9.17, 15) is 33.9 Å². The maximum Gasteiger partial charge on any atom is 0.303 e. The van der Waals surface area contributed by atoms with Crippen LogP contribution in [0.2, 0.25) is 0 Å². The van der Waals surface area contributed by atoms with Gasteiger partial charge in [-0.3, -0.25) is 28.8 Å². The lowest BCUT2D eigenvalue weighted by atomic mass is 9.95. The molecule has 0 saturated carbocycles. The van der Waals surface area contributed by atoms with Gasteiger partial charge in [-0.05, 0) is 0 Å². The van der Waals surface area contributed by atoms with Crippen LogP contribution in [-0.4, -0.2) is 109 Å². The normalized spacial score (nSPS) is 31.7.